The van der Waals surface area contributed by atoms with Gasteiger partial charge in [0, 0.05) is 51.9 Å². The Bertz CT molecular complexity index is 1070. The standard InChI is InChI=1S/C19H29N3O3S.2C2HF3O2/c1-25-14-16-12-21(13-17-4-2-3-9-20-17)15-19(16)7-10-22(11-8-19)26(23,24)18-5-6-18;2*3-2(4,5)1(6)7/h2-4,9,16,18H,5-8,10-15H2,1H3;2*(H,6,7). The highest BCUT2D eigenvalue weighted by Gasteiger charge is 2.50. The summed E-state index contributed by atoms with van der Waals surface area (Å²) in [5, 5.41) is 14.1. The third-order valence-corrected chi connectivity index (χ3v) is 9.27. The van der Waals surface area contributed by atoms with Gasteiger partial charge in [-0.2, -0.15) is 26.3 Å². The van der Waals surface area contributed by atoms with Crippen molar-refractivity contribution in [2.24, 2.45) is 11.3 Å². The van der Waals surface area contributed by atoms with E-state index in [0.717, 1.165) is 57.6 Å². The lowest BCUT2D eigenvalue weighted by atomic mass is 9.71. The van der Waals surface area contributed by atoms with Crippen molar-refractivity contribution in [3.8, 4) is 0 Å². The Morgan fingerprint density at radius 2 is 1.57 bits per heavy atom. The number of carbonyl (C=O) groups is 2. The molecule has 1 spiro atoms. The number of pyridine rings is 1. The molecule has 1 saturated carbocycles. The van der Waals surface area contributed by atoms with Gasteiger partial charge in [-0.3, -0.25) is 9.88 Å². The first-order valence-electron chi connectivity index (χ1n) is 12.1. The Hall–Kier alpha value is -2.50. The summed E-state index contributed by atoms with van der Waals surface area (Å²) in [5.41, 5.74) is 1.26. The molecule has 1 aromatic heterocycles. The second-order valence-corrected chi connectivity index (χ2v) is 12.0. The second-order valence-electron chi connectivity index (χ2n) is 9.75. The van der Waals surface area contributed by atoms with Crippen LogP contribution in [0.2, 0.25) is 0 Å². The molecule has 1 aliphatic carbocycles. The maximum atomic E-state index is 12.5. The molecule has 3 aliphatic rings. The van der Waals surface area contributed by atoms with E-state index < -0.39 is 34.3 Å². The first kappa shape index (κ1) is 33.7. The fourth-order valence-electron chi connectivity index (χ4n) is 4.75. The van der Waals surface area contributed by atoms with Gasteiger partial charge in [0.1, 0.15) is 0 Å². The van der Waals surface area contributed by atoms with Crippen LogP contribution in [-0.4, -0.2) is 102 Å². The number of hydrogen-bond acceptors (Lipinski definition) is 7. The average molecular weight is 608 g/mol. The lowest BCUT2D eigenvalue weighted by Crippen LogP contribution is -2.48. The van der Waals surface area contributed by atoms with Crippen molar-refractivity contribution < 1.29 is 59.3 Å². The van der Waals surface area contributed by atoms with Crippen molar-refractivity contribution in [3.05, 3.63) is 30.1 Å². The van der Waals surface area contributed by atoms with Crippen molar-refractivity contribution >= 4 is 22.0 Å². The van der Waals surface area contributed by atoms with Crippen molar-refractivity contribution in [1.29, 1.82) is 0 Å². The number of hydrogen-bond donors (Lipinski definition) is 2. The number of alkyl halides is 6. The van der Waals surface area contributed by atoms with Crippen LogP contribution in [0.3, 0.4) is 0 Å². The molecule has 0 aromatic carbocycles. The molecule has 3 heterocycles. The minimum atomic E-state index is -5.08. The summed E-state index contributed by atoms with van der Waals surface area (Å²) in [6, 6.07) is 6.04. The Labute approximate surface area is 227 Å². The number of piperidine rings is 1. The molecule has 2 N–H and O–H groups in total. The molecule has 228 valence electrons. The zero-order valence-electron chi connectivity index (χ0n) is 21.5. The van der Waals surface area contributed by atoms with Gasteiger partial charge in [0.25, 0.3) is 0 Å². The Morgan fingerprint density at radius 1 is 1.05 bits per heavy atom. The van der Waals surface area contributed by atoms with Crippen LogP contribution in [0, 0.1) is 11.3 Å². The number of sulfonamides is 1. The highest BCUT2D eigenvalue weighted by atomic mass is 32.2. The summed E-state index contributed by atoms with van der Waals surface area (Å²) in [5.74, 6) is -5.05. The fraction of sp³-hybridized carbons (Fsp3) is 0.696. The maximum Gasteiger partial charge on any atom is 0.490 e. The van der Waals surface area contributed by atoms with E-state index in [0.29, 0.717) is 19.0 Å². The van der Waals surface area contributed by atoms with Crippen LogP contribution in [0.1, 0.15) is 31.4 Å². The van der Waals surface area contributed by atoms with E-state index in [1.807, 2.05) is 18.3 Å². The molecule has 10 nitrogen and oxygen atoms in total. The highest BCUT2D eigenvalue weighted by molar-refractivity contribution is 7.90. The number of carboxylic acid groups (broad SMARTS) is 2. The van der Waals surface area contributed by atoms with E-state index in [1.54, 1.807) is 11.4 Å². The number of aromatic nitrogens is 1. The first-order chi connectivity index (χ1) is 18.4. The van der Waals surface area contributed by atoms with Gasteiger partial charge in [0.2, 0.25) is 10.0 Å². The van der Waals surface area contributed by atoms with Crippen molar-refractivity contribution in [1.82, 2.24) is 14.2 Å². The second kappa shape index (κ2) is 13.4. The monoisotopic (exact) mass is 607 g/mol. The summed E-state index contributed by atoms with van der Waals surface area (Å²) < 4.78 is 95.8. The van der Waals surface area contributed by atoms with Crippen molar-refractivity contribution in [2.45, 2.75) is 49.8 Å². The van der Waals surface area contributed by atoms with Gasteiger partial charge in [-0.15, -0.1) is 0 Å². The number of likely N-dealkylation sites (tertiary alicyclic amines) is 1. The molecule has 0 amide bonds. The van der Waals surface area contributed by atoms with E-state index in [1.165, 1.54) is 0 Å². The first-order valence-corrected chi connectivity index (χ1v) is 13.6. The number of nitrogens with zero attached hydrogens (tertiary/aromatic N) is 3. The molecule has 40 heavy (non-hydrogen) atoms. The Balaban J connectivity index is 0.000000333. The quantitative estimate of drug-likeness (QED) is 0.468. The number of aliphatic carboxylic acids is 2. The average Bonchev–Trinajstić information content (AvgIpc) is 3.66. The highest BCUT2D eigenvalue weighted by Crippen LogP contribution is 2.46. The SMILES string of the molecule is COCC1CN(Cc2ccccn2)CC12CCN(S(=O)(=O)C1CC1)CC2.O=C(O)C(F)(F)F.O=C(O)C(F)(F)F. The van der Waals surface area contributed by atoms with Gasteiger partial charge < -0.3 is 14.9 Å². The number of halogens is 6. The van der Waals surface area contributed by atoms with Gasteiger partial charge in [0.15, 0.2) is 0 Å². The smallest absolute Gasteiger partial charge is 0.475 e. The largest absolute Gasteiger partial charge is 0.490 e. The minimum absolute atomic E-state index is 0.101. The van der Waals surface area contributed by atoms with Crippen LogP contribution >= 0.6 is 0 Å². The van der Waals surface area contributed by atoms with E-state index in [9.17, 15) is 34.8 Å². The van der Waals surface area contributed by atoms with Crippen LogP contribution in [0.5, 0.6) is 0 Å². The van der Waals surface area contributed by atoms with E-state index >= 15 is 0 Å². The third-order valence-electron chi connectivity index (χ3n) is 6.87. The molecule has 1 unspecified atom stereocenters. The van der Waals surface area contributed by atoms with Crippen LogP contribution in [-0.2, 0) is 30.9 Å². The van der Waals surface area contributed by atoms with E-state index in [4.69, 9.17) is 24.5 Å². The van der Waals surface area contributed by atoms with Gasteiger partial charge >= 0.3 is 24.3 Å². The van der Waals surface area contributed by atoms with Crippen LogP contribution in [0.15, 0.2) is 24.4 Å². The molecule has 1 atom stereocenters. The summed E-state index contributed by atoms with van der Waals surface area (Å²) >= 11 is 0. The molecule has 0 bridgehead atoms. The molecule has 2 aliphatic heterocycles. The summed E-state index contributed by atoms with van der Waals surface area (Å²) in [4.78, 5) is 24.7. The zero-order valence-corrected chi connectivity index (χ0v) is 22.3. The summed E-state index contributed by atoms with van der Waals surface area (Å²) in [7, 11) is -1.28. The Kier molecular flexibility index (Phi) is 11.3. The molecule has 4 rings (SSSR count). The molecule has 0 radical (unpaired) electrons. The van der Waals surface area contributed by atoms with Gasteiger partial charge in [-0.05, 0) is 43.2 Å². The molecular weight excluding hydrogens is 576 g/mol. The van der Waals surface area contributed by atoms with Crippen molar-refractivity contribution in [3.63, 3.8) is 0 Å². The molecule has 1 aromatic rings. The summed E-state index contributed by atoms with van der Waals surface area (Å²) in [6.07, 6.45) is -4.77. The van der Waals surface area contributed by atoms with Gasteiger partial charge in [0.05, 0.1) is 17.6 Å². The zero-order chi connectivity index (χ0) is 30.4. The topological polar surface area (TPSA) is 137 Å². The third kappa shape index (κ3) is 9.55. The minimum Gasteiger partial charge on any atom is -0.475 e. The van der Waals surface area contributed by atoms with Crippen LogP contribution in [0.25, 0.3) is 0 Å². The van der Waals surface area contributed by atoms with Crippen molar-refractivity contribution in [2.75, 3.05) is 39.9 Å². The molecule has 17 heteroatoms. The van der Waals surface area contributed by atoms with Crippen LogP contribution < -0.4 is 0 Å². The molecule has 2 saturated heterocycles. The lowest BCUT2D eigenvalue weighted by Gasteiger charge is -2.42. The van der Waals surface area contributed by atoms with Crippen LogP contribution in [0.4, 0.5) is 26.3 Å². The van der Waals surface area contributed by atoms with E-state index in [-0.39, 0.29) is 10.7 Å². The fourth-order valence-corrected chi connectivity index (χ4v) is 6.59. The number of carboxylic acids is 2. The Morgan fingerprint density at radius 3 is 1.98 bits per heavy atom. The predicted octanol–water partition coefficient (Wildman–Crippen LogP) is 3.00. The maximum absolute atomic E-state index is 12.5. The van der Waals surface area contributed by atoms with E-state index in [2.05, 4.69) is 16.0 Å². The van der Waals surface area contributed by atoms with Gasteiger partial charge in [-0.25, -0.2) is 22.3 Å². The lowest BCUT2D eigenvalue weighted by molar-refractivity contribution is -0.193. The number of methoxy groups -OCH3 is 1. The predicted molar refractivity (Wildman–Crippen MR) is 127 cm³/mol. The normalized spacial score (nSPS) is 21.6. The molecular formula is C23H31F6N3O7S. The number of rotatable bonds is 6. The molecule has 3 fully saturated rings. The number of ether oxygens (including phenoxy) is 1. The van der Waals surface area contributed by atoms with Gasteiger partial charge in [-0.1, -0.05) is 6.07 Å². The summed E-state index contributed by atoms with van der Waals surface area (Å²) in [6.45, 7) is 4.93.